The molecule has 0 radical (unpaired) electrons. The van der Waals surface area contributed by atoms with E-state index in [0.717, 1.165) is 22.1 Å². The van der Waals surface area contributed by atoms with E-state index in [-0.39, 0.29) is 4.90 Å². The Morgan fingerprint density at radius 2 is 1.89 bits per heavy atom. The third-order valence-corrected chi connectivity index (χ3v) is 7.24. The maximum absolute atomic E-state index is 12.5. The summed E-state index contributed by atoms with van der Waals surface area (Å²) in [6, 6.07) is 5.37. The minimum Gasteiger partial charge on any atom is -0.288 e. The molecule has 3 aromatic rings. The quantitative estimate of drug-likeness (QED) is 0.562. The standard InChI is InChI=1S/C18H23N5O2S2/c1-5-22(6-2)27(24,25)16-7-8-17(19-10-16)26-12-15-11-23-14(4)9-13(3)20-18(23)21-15/h7-11H,5-6,12H2,1-4H3. The molecule has 0 amide bonds. The first-order valence-electron chi connectivity index (χ1n) is 8.76. The first-order valence-corrected chi connectivity index (χ1v) is 11.2. The van der Waals surface area contributed by atoms with Crippen LogP contribution in [0.15, 0.2) is 40.5 Å². The summed E-state index contributed by atoms with van der Waals surface area (Å²) in [5, 5.41) is 0.756. The highest BCUT2D eigenvalue weighted by molar-refractivity contribution is 7.98. The smallest absolute Gasteiger partial charge is 0.244 e. The van der Waals surface area contributed by atoms with Gasteiger partial charge in [0.15, 0.2) is 0 Å². The van der Waals surface area contributed by atoms with Crippen molar-refractivity contribution in [2.45, 2.75) is 43.4 Å². The highest BCUT2D eigenvalue weighted by Crippen LogP contribution is 2.23. The average Bonchev–Trinajstić information content (AvgIpc) is 3.04. The summed E-state index contributed by atoms with van der Waals surface area (Å²) >= 11 is 1.51. The normalized spacial score (nSPS) is 12.2. The topological polar surface area (TPSA) is 80.5 Å². The van der Waals surface area contributed by atoms with Gasteiger partial charge < -0.3 is 0 Å². The molecule has 0 aromatic carbocycles. The maximum atomic E-state index is 12.5. The number of imidazole rings is 1. The Balaban J connectivity index is 1.73. The van der Waals surface area contributed by atoms with E-state index in [0.29, 0.717) is 24.6 Å². The summed E-state index contributed by atoms with van der Waals surface area (Å²) in [5.74, 6) is 1.33. The first kappa shape index (κ1) is 19.8. The van der Waals surface area contributed by atoms with E-state index in [4.69, 9.17) is 0 Å². The summed E-state index contributed by atoms with van der Waals surface area (Å²) < 4.78 is 28.4. The minimum atomic E-state index is -3.47. The van der Waals surface area contributed by atoms with Crippen molar-refractivity contribution in [3.05, 3.63) is 47.7 Å². The number of sulfonamides is 1. The molecule has 0 bridgehead atoms. The third-order valence-electron chi connectivity index (χ3n) is 4.23. The van der Waals surface area contributed by atoms with Gasteiger partial charge in [-0.25, -0.2) is 23.4 Å². The molecule has 144 valence electrons. The molecular formula is C18H23N5O2S2. The van der Waals surface area contributed by atoms with Crippen molar-refractivity contribution in [1.29, 1.82) is 0 Å². The summed E-state index contributed by atoms with van der Waals surface area (Å²) in [6.45, 7) is 8.51. The number of hydrogen-bond acceptors (Lipinski definition) is 6. The first-order chi connectivity index (χ1) is 12.8. The van der Waals surface area contributed by atoms with Crippen molar-refractivity contribution in [2.75, 3.05) is 13.1 Å². The number of rotatable bonds is 7. The molecule has 0 aliphatic carbocycles. The number of hydrogen-bond donors (Lipinski definition) is 0. The lowest BCUT2D eigenvalue weighted by atomic mass is 10.3. The molecule has 0 aliphatic rings. The van der Waals surface area contributed by atoms with Gasteiger partial charge in [0.1, 0.15) is 4.90 Å². The molecule has 0 saturated carbocycles. The molecule has 27 heavy (non-hydrogen) atoms. The van der Waals surface area contributed by atoms with Crippen molar-refractivity contribution in [1.82, 2.24) is 23.7 Å². The van der Waals surface area contributed by atoms with Gasteiger partial charge in [-0.15, -0.1) is 0 Å². The van der Waals surface area contributed by atoms with Crippen molar-refractivity contribution in [2.24, 2.45) is 0 Å². The lowest BCUT2D eigenvalue weighted by Gasteiger charge is -2.18. The second-order valence-corrected chi connectivity index (χ2v) is 9.08. The van der Waals surface area contributed by atoms with Gasteiger partial charge >= 0.3 is 0 Å². The fourth-order valence-electron chi connectivity index (χ4n) is 2.85. The van der Waals surface area contributed by atoms with Crippen molar-refractivity contribution >= 4 is 27.6 Å². The van der Waals surface area contributed by atoms with Gasteiger partial charge in [-0.1, -0.05) is 25.6 Å². The highest BCUT2D eigenvalue weighted by atomic mass is 32.2. The molecule has 3 heterocycles. The summed E-state index contributed by atoms with van der Waals surface area (Å²) in [4.78, 5) is 13.5. The molecule has 0 spiro atoms. The van der Waals surface area contributed by atoms with E-state index in [1.54, 1.807) is 12.1 Å². The van der Waals surface area contributed by atoms with E-state index < -0.39 is 10.0 Å². The van der Waals surface area contributed by atoms with E-state index in [1.807, 2.05) is 44.4 Å². The zero-order chi connectivity index (χ0) is 19.6. The van der Waals surface area contributed by atoms with Crippen LogP contribution in [0.5, 0.6) is 0 Å². The van der Waals surface area contributed by atoms with Crippen molar-refractivity contribution in [3.8, 4) is 0 Å². The molecule has 0 N–H and O–H groups in total. The Morgan fingerprint density at radius 3 is 2.52 bits per heavy atom. The van der Waals surface area contributed by atoms with Crippen LogP contribution >= 0.6 is 11.8 Å². The van der Waals surface area contributed by atoms with Crippen LogP contribution in [0.1, 0.15) is 30.9 Å². The van der Waals surface area contributed by atoms with Crippen LogP contribution in [0.3, 0.4) is 0 Å². The van der Waals surface area contributed by atoms with Crippen molar-refractivity contribution in [3.63, 3.8) is 0 Å². The second kappa shape index (κ2) is 7.95. The SMILES string of the molecule is CCN(CC)S(=O)(=O)c1ccc(SCc2cn3c(C)cc(C)nc3n2)nc1. The van der Waals surface area contributed by atoms with Crippen LogP contribution in [-0.4, -0.2) is 45.2 Å². The van der Waals surface area contributed by atoms with Crippen LogP contribution in [0.2, 0.25) is 0 Å². The summed E-state index contributed by atoms with van der Waals surface area (Å²) in [6.07, 6.45) is 3.40. The predicted molar refractivity (Wildman–Crippen MR) is 106 cm³/mol. The van der Waals surface area contributed by atoms with Gasteiger partial charge in [0.2, 0.25) is 15.8 Å². The minimum absolute atomic E-state index is 0.221. The zero-order valence-corrected chi connectivity index (χ0v) is 17.5. The van der Waals surface area contributed by atoms with Crippen LogP contribution in [0.4, 0.5) is 0 Å². The van der Waals surface area contributed by atoms with Crippen LogP contribution in [0, 0.1) is 13.8 Å². The molecule has 3 aromatic heterocycles. The lowest BCUT2D eigenvalue weighted by molar-refractivity contribution is 0.445. The Bertz CT molecular complexity index is 1040. The molecule has 7 nitrogen and oxygen atoms in total. The fourth-order valence-corrected chi connectivity index (χ4v) is 4.98. The monoisotopic (exact) mass is 405 g/mol. The van der Waals surface area contributed by atoms with Gasteiger partial charge in [0.25, 0.3) is 0 Å². The number of fused-ring (bicyclic) bond motifs is 1. The summed E-state index contributed by atoms with van der Waals surface area (Å²) in [5.41, 5.74) is 2.93. The molecule has 0 unspecified atom stereocenters. The predicted octanol–water partition coefficient (Wildman–Crippen LogP) is 3.06. The molecule has 0 aliphatic heterocycles. The Kier molecular flexibility index (Phi) is 5.83. The van der Waals surface area contributed by atoms with E-state index >= 15 is 0 Å². The highest BCUT2D eigenvalue weighted by Gasteiger charge is 2.21. The van der Waals surface area contributed by atoms with Gasteiger partial charge in [0.05, 0.1) is 10.7 Å². The van der Waals surface area contributed by atoms with Crippen LogP contribution in [0.25, 0.3) is 5.78 Å². The Labute approximate surface area is 163 Å². The molecule has 0 atom stereocenters. The summed E-state index contributed by atoms with van der Waals surface area (Å²) in [7, 11) is -3.47. The molecule has 9 heteroatoms. The molecular weight excluding hydrogens is 382 g/mol. The van der Waals surface area contributed by atoms with Crippen LogP contribution in [-0.2, 0) is 15.8 Å². The van der Waals surface area contributed by atoms with Crippen molar-refractivity contribution < 1.29 is 8.42 Å². The number of nitrogens with zero attached hydrogens (tertiary/aromatic N) is 5. The van der Waals surface area contributed by atoms with E-state index in [1.165, 1.54) is 22.3 Å². The number of thioether (sulfide) groups is 1. The molecule has 0 fully saturated rings. The fraction of sp³-hybridized carbons (Fsp3) is 0.389. The Morgan fingerprint density at radius 1 is 1.15 bits per heavy atom. The van der Waals surface area contributed by atoms with Gasteiger partial charge in [-0.2, -0.15) is 4.31 Å². The third kappa shape index (κ3) is 4.15. The lowest BCUT2D eigenvalue weighted by Crippen LogP contribution is -2.30. The number of aryl methyl sites for hydroxylation is 2. The van der Waals surface area contributed by atoms with Gasteiger partial charge in [-0.3, -0.25) is 4.40 Å². The molecule has 0 saturated heterocycles. The number of aromatic nitrogens is 4. The van der Waals surface area contributed by atoms with Gasteiger partial charge in [0, 0.05) is 42.6 Å². The average molecular weight is 406 g/mol. The largest absolute Gasteiger partial charge is 0.288 e. The van der Waals surface area contributed by atoms with E-state index in [2.05, 4.69) is 15.0 Å². The van der Waals surface area contributed by atoms with E-state index in [9.17, 15) is 8.42 Å². The van der Waals surface area contributed by atoms with Gasteiger partial charge in [-0.05, 0) is 32.0 Å². The van der Waals surface area contributed by atoms with Crippen LogP contribution < -0.4 is 0 Å². The zero-order valence-electron chi connectivity index (χ0n) is 15.9. The molecule has 3 rings (SSSR count). The maximum Gasteiger partial charge on any atom is 0.244 e. The number of pyridine rings is 1. The Hall–Kier alpha value is -1.97. The second-order valence-electron chi connectivity index (χ2n) is 6.15.